The lowest BCUT2D eigenvalue weighted by Crippen LogP contribution is -2.57. The molecule has 0 radical (unpaired) electrons. The van der Waals surface area contributed by atoms with Gasteiger partial charge in [-0.3, -0.25) is 14.7 Å². The maximum Gasteiger partial charge on any atom is 0.239 e. The molecule has 0 saturated carbocycles. The molecule has 2 aliphatic rings. The average molecular weight is 575 g/mol. The first kappa shape index (κ1) is 27.8. The summed E-state index contributed by atoms with van der Waals surface area (Å²) < 4.78 is 13.3. The molecule has 2 heterocycles. The summed E-state index contributed by atoms with van der Waals surface area (Å²) in [5, 5.41) is 3.42. The van der Waals surface area contributed by atoms with E-state index in [-0.39, 0.29) is 47.8 Å². The molecule has 1 aromatic carbocycles. The van der Waals surface area contributed by atoms with Crippen molar-refractivity contribution in [3.8, 4) is 0 Å². The Morgan fingerprint density at radius 3 is 2.21 bits per heavy atom. The van der Waals surface area contributed by atoms with Gasteiger partial charge in [0.2, 0.25) is 5.91 Å². The molecule has 9 heteroatoms. The van der Waals surface area contributed by atoms with Crippen LogP contribution in [0.3, 0.4) is 0 Å². The van der Waals surface area contributed by atoms with Crippen molar-refractivity contribution in [2.45, 2.75) is 38.8 Å². The largest absolute Gasteiger partial charge is 0.357 e. The number of aliphatic imine (C=N–C) groups is 1. The first-order valence-electron chi connectivity index (χ1n) is 11.9. The standard InChI is InChI=1S/C24H39FN6O.HI/c1-5-26-24(27-18-22(28(3)4)20-8-10-21(25)11-9-20)31-16-14-29(15-17-31)19(2)23(32)30-12-6-7-13-30;/h8-11,19,22H,5-7,12-18H2,1-4H3,(H,26,27);1H. The van der Waals surface area contributed by atoms with E-state index in [1.54, 1.807) is 0 Å². The van der Waals surface area contributed by atoms with Crippen LogP contribution in [-0.4, -0.2) is 104 Å². The molecule has 186 valence electrons. The van der Waals surface area contributed by atoms with Gasteiger partial charge in [-0.25, -0.2) is 4.39 Å². The van der Waals surface area contributed by atoms with Crippen LogP contribution in [0.25, 0.3) is 0 Å². The van der Waals surface area contributed by atoms with E-state index in [9.17, 15) is 9.18 Å². The summed E-state index contributed by atoms with van der Waals surface area (Å²) in [6, 6.07) is 6.69. The van der Waals surface area contributed by atoms with Crippen LogP contribution in [0.5, 0.6) is 0 Å². The monoisotopic (exact) mass is 574 g/mol. The zero-order chi connectivity index (χ0) is 23.1. The highest BCUT2D eigenvalue weighted by Gasteiger charge is 2.30. The fraction of sp³-hybridized carbons (Fsp3) is 0.667. The van der Waals surface area contributed by atoms with Crippen molar-refractivity contribution >= 4 is 35.8 Å². The van der Waals surface area contributed by atoms with Crippen LogP contribution < -0.4 is 5.32 Å². The summed E-state index contributed by atoms with van der Waals surface area (Å²) in [5.74, 6) is 0.947. The van der Waals surface area contributed by atoms with Gasteiger partial charge in [-0.05, 0) is 58.5 Å². The predicted molar refractivity (Wildman–Crippen MR) is 143 cm³/mol. The van der Waals surface area contributed by atoms with E-state index in [1.807, 2.05) is 38.1 Å². The van der Waals surface area contributed by atoms with E-state index in [0.29, 0.717) is 6.54 Å². The van der Waals surface area contributed by atoms with Crippen molar-refractivity contribution in [3.63, 3.8) is 0 Å². The minimum atomic E-state index is -0.224. The maximum atomic E-state index is 13.3. The first-order valence-corrected chi connectivity index (χ1v) is 11.9. The number of rotatable bonds is 7. The smallest absolute Gasteiger partial charge is 0.239 e. The Balaban J connectivity index is 0.00000385. The molecule has 1 amide bonds. The maximum absolute atomic E-state index is 13.3. The van der Waals surface area contributed by atoms with E-state index in [2.05, 4.69) is 26.9 Å². The Hall–Kier alpha value is -1.46. The third kappa shape index (κ3) is 7.51. The molecule has 2 atom stereocenters. The summed E-state index contributed by atoms with van der Waals surface area (Å²) in [6.07, 6.45) is 2.25. The number of hydrogen-bond acceptors (Lipinski definition) is 4. The van der Waals surface area contributed by atoms with Gasteiger partial charge in [0.15, 0.2) is 5.96 Å². The molecule has 7 nitrogen and oxygen atoms in total. The SMILES string of the molecule is CCNC(=NCC(c1ccc(F)cc1)N(C)C)N1CCN(C(C)C(=O)N2CCCC2)CC1.I. The zero-order valence-corrected chi connectivity index (χ0v) is 22.8. The highest BCUT2D eigenvalue weighted by Crippen LogP contribution is 2.19. The fourth-order valence-corrected chi connectivity index (χ4v) is 4.53. The number of likely N-dealkylation sites (N-methyl/N-ethyl adjacent to an activating group) is 1. The molecule has 3 rings (SSSR count). The third-order valence-corrected chi connectivity index (χ3v) is 6.56. The van der Waals surface area contributed by atoms with Gasteiger partial charge >= 0.3 is 0 Å². The summed E-state index contributed by atoms with van der Waals surface area (Å²) in [4.78, 5) is 26.4. The van der Waals surface area contributed by atoms with Gasteiger partial charge in [0, 0.05) is 45.8 Å². The molecule has 2 aliphatic heterocycles. The highest BCUT2D eigenvalue weighted by atomic mass is 127. The molecule has 1 aromatic rings. The summed E-state index contributed by atoms with van der Waals surface area (Å²) in [5.41, 5.74) is 1.05. The van der Waals surface area contributed by atoms with E-state index in [1.165, 1.54) is 12.1 Å². The van der Waals surface area contributed by atoms with Gasteiger partial charge < -0.3 is 20.0 Å². The Kier molecular flexibility index (Phi) is 11.3. The van der Waals surface area contributed by atoms with E-state index in [0.717, 1.165) is 70.2 Å². The second-order valence-electron chi connectivity index (χ2n) is 8.96. The lowest BCUT2D eigenvalue weighted by atomic mass is 10.1. The number of likely N-dealkylation sites (tertiary alicyclic amines) is 1. The van der Waals surface area contributed by atoms with Gasteiger partial charge in [0.1, 0.15) is 5.82 Å². The van der Waals surface area contributed by atoms with Crippen molar-refractivity contribution in [1.82, 2.24) is 24.9 Å². The number of amides is 1. The lowest BCUT2D eigenvalue weighted by molar-refractivity contribution is -0.135. The molecule has 2 fully saturated rings. The van der Waals surface area contributed by atoms with Crippen molar-refractivity contribution in [2.24, 2.45) is 4.99 Å². The Labute approximate surface area is 215 Å². The second kappa shape index (κ2) is 13.4. The van der Waals surface area contributed by atoms with Crippen LogP contribution in [0, 0.1) is 5.82 Å². The molecule has 0 bridgehead atoms. The van der Waals surface area contributed by atoms with Gasteiger partial charge in [0.05, 0.1) is 18.6 Å². The van der Waals surface area contributed by atoms with Gasteiger partial charge in [0.25, 0.3) is 0 Å². The molecule has 0 aromatic heterocycles. The topological polar surface area (TPSA) is 54.4 Å². The molecular weight excluding hydrogens is 534 g/mol. The third-order valence-electron chi connectivity index (χ3n) is 6.56. The highest BCUT2D eigenvalue weighted by molar-refractivity contribution is 14.0. The first-order chi connectivity index (χ1) is 15.4. The quantitative estimate of drug-likeness (QED) is 0.309. The number of guanidine groups is 1. The van der Waals surface area contributed by atoms with Crippen molar-refractivity contribution in [3.05, 3.63) is 35.6 Å². The number of nitrogens with zero attached hydrogens (tertiary/aromatic N) is 5. The van der Waals surface area contributed by atoms with Gasteiger partial charge in [-0.1, -0.05) is 12.1 Å². The molecular formula is C24H40FIN6O. The molecule has 2 saturated heterocycles. The molecule has 1 N–H and O–H groups in total. The van der Waals surface area contributed by atoms with Crippen LogP contribution in [0.4, 0.5) is 4.39 Å². The summed E-state index contributed by atoms with van der Waals surface area (Å²) in [6.45, 7) is 10.7. The molecule has 0 aliphatic carbocycles. The Morgan fingerprint density at radius 2 is 1.67 bits per heavy atom. The number of hydrogen-bond donors (Lipinski definition) is 1. The van der Waals surface area contributed by atoms with Gasteiger partial charge in [-0.2, -0.15) is 0 Å². The van der Waals surface area contributed by atoms with Crippen LogP contribution >= 0.6 is 24.0 Å². The summed E-state index contributed by atoms with van der Waals surface area (Å²) in [7, 11) is 4.04. The van der Waals surface area contributed by atoms with Crippen LogP contribution in [0.1, 0.15) is 38.3 Å². The van der Waals surface area contributed by atoms with Crippen molar-refractivity contribution in [1.29, 1.82) is 0 Å². The second-order valence-corrected chi connectivity index (χ2v) is 8.96. The van der Waals surface area contributed by atoms with E-state index in [4.69, 9.17) is 4.99 Å². The minimum Gasteiger partial charge on any atom is -0.357 e. The number of piperazine rings is 1. The normalized spacial score (nSPS) is 19.4. The number of carbonyl (C=O) groups is 1. The number of halogens is 2. The van der Waals surface area contributed by atoms with Crippen LogP contribution in [-0.2, 0) is 4.79 Å². The minimum absolute atomic E-state index is 0. The fourth-order valence-electron chi connectivity index (χ4n) is 4.53. The Bertz CT molecular complexity index is 761. The summed E-state index contributed by atoms with van der Waals surface area (Å²) >= 11 is 0. The van der Waals surface area contributed by atoms with Crippen molar-refractivity contribution < 1.29 is 9.18 Å². The average Bonchev–Trinajstić information content (AvgIpc) is 3.33. The van der Waals surface area contributed by atoms with Gasteiger partial charge in [-0.15, -0.1) is 24.0 Å². The molecule has 2 unspecified atom stereocenters. The van der Waals surface area contributed by atoms with Crippen LogP contribution in [0.15, 0.2) is 29.3 Å². The zero-order valence-electron chi connectivity index (χ0n) is 20.5. The van der Waals surface area contributed by atoms with Crippen molar-refractivity contribution in [2.75, 3.05) is 66.5 Å². The van der Waals surface area contributed by atoms with Crippen LogP contribution in [0.2, 0.25) is 0 Å². The number of carbonyl (C=O) groups excluding carboxylic acids is 1. The predicted octanol–water partition coefficient (Wildman–Crippen LogP) is 2.64. The molecule has 33 heavy (non-hydrogen) atoms. The lowest BCUT2D eigenvalue weighted by Gasteiger charge is -2.39. The molecule has 0 spiro atoms. The van der Waals surface area contributed by atoms with E-state index < -0.39 is 0 Å². The number of benzene rings is 1. The Morgan fingerprint density at radius 1 is 1.06 bits per heavy atom. The number of nitrogens with one attached hydrogen (secondary N) is 1. The van der Waals surface area contributed by atoms with E-state index >= 15 is 0 Å².